The SMILES string of the molecule is Cc1conc1C(=O)N1CCc2[nH]c3ccc(F)cc3c(=O)c2C1. The number of hydrogen-bond acceptors (Lipinski definition) is 4. The summed E-state index contributed by atoms with van der Waals surface area (Å²) in [4.78, 5) is 30.0. The predicted molar refractivity (Wildman–Crippen MR) is 84.2 cm³/mol. The van der Waals surface area contributed by atoms with Crippen LogP contribution < -0.4 is 5.43 Å². The van der Waals surface area contributed by atoms with Crippen LogP contribution in [-0.4, -0.2) is 27.5 Å². The second kappa shape index (κ2) is 5.30. The number of fused-ring (bicyclic) bond motifs is 2. The van der Waals surface area contributed by atoms with Crippen molar-refractivity contribution in [2.45, 2.75) is 19.9 Å². The molecular weight excluding hydrogens is 313 g/mol. The Morgan fingerprint density at radius 2 is 2.25 bits per heavy atom. The maximum Gasteiger partial charge on any atom is 0.276 e. The van der Waals surface area contributed by atoms with Crippen molar-refractivity contribution in [1.29, 1.82) is 0 Å². The van der Waals surface area contributed by atoms with Crippen LogP contribution in [0.1, 0.15) is 27.3 Å². The lowest BCUT2D eigenvalue weighted by atomic mass is 10.0. The number of rotatable bonds is 1. The van der Waals surface area contributed by atoms with Crippen LogP contribution in [0.3, 0.4) is 0 Å². The first-order valence-corrected chi connectivity index (χ1v) is 7.58. The van der Waals surface area contributed by atoms with E-state index < -0.39 is 5.82 Å². The van der Waals surface area contributed by atoms with Gasteiger partial charge in [-0.3, -0.25) is 9.59 Å². The summed E-state index contributed by atoms with van der Waals surface area (Å²) < 4.78 is 18.3. The van der Waals surface area contributed by atoms with Crippen LogP contribution in [-0.2, 0) is 13.0 Å². The molecule has 0 radical (unpaired) electrons. The van der Waals surface area contributed by atoms with Gasteiger partial charge in [0.1, 0.15) is 12.1 Å². The number of nitrogens with one attached hydrogen (secondary N) is 1. The van der Waals surface area contributed by atoms with Gasteiger partial charge in [0.2, 0.25) is 0 Å². The van der Waals surface area contributed by atoms with E-state index in [9.17, 15) is 14.0 Å². The van der Waals surface area contributed by atoms with Crippen molar-refractivity contribution in [3.63, 3.8) is 0 Å². The number of nitrogens with zero attached hydrogens (tertiary/aromatic N) is 2. The molecular formula is C17H14FN3O3. The van der Waals surface area contributed by atoms with Crippen molar-refractivity contribution in [3.8, 4) is 0 Å². The molecule has 1 amide bonds. The Morgan fingerprint density at radius 1 is 1.42 bits per heavy atom. The number of hydrogen-bond donors (Lipinski definition) is 1. The molecule has 1 aliphatic heterocycles. The number of pyridine rings is 1. The minimum atomic E-state index is -0.463. The summed E-state index contributed by atoms with van der Waals surface area (Å²) >= 11 is 0. The fourth-order valence-corrected chi connectivity index (χ4v) is 3.07. The average Bonchev–Trinajstić information content (AvgIpc) is 3.01. The molecule has 24 heavy (non-hydrogen) atoms. The van der Waals surface area contributed by atoms with Crippen LogP contribution >= 0.6 is 0 Å². The first kappa shape index (κ1) is 14.6. The van der Waals surface area contributed by atoms with Gasteiger partial charge < -0.3 is 14.4 Å². The summed E-state index contributed by atoms with van der Waals surface area (Å²) in [5.74, 6) is -0.736. The molecule has 4 rings (SSSR count). The lowest BCUT2D eigenvalue weighted by Gasteiger charge is -2.28. The van der Waals surface area contributed by atoms with E-state index in [1.165, 1.54) is 18.4 Å². The summed E-state index contributed by atoms with van der Waals surface area (Å²) in [5, 5.41) is 4.02. The Kier molecular flexibility index (Phi) is 3.23. The summed E-state index contributed by atoms with van der Waals surface area (Å²) in [7, 11) is 0. The van der Waals surface area contributed by atoms with Crippen molar-refractivity contribution >= 4 is 16.8 Å². The zero-order chi connectivity index (χ0) is 16.8. The van der Waals surface area contributed by atoms with Gasteiger partial charge in [-0.05, 0) is 25.1 Å². The molecule has 2 aromatic heterocycles. The van der Waals surface area contributed by atoms with Crippen molar-refractivity contribution in [3.05, 3.63) is 63.0 Å². The average molecular weight is 327 g/mol. The fraction of sp³-hybridized carbons (Fsp3) is 0.235. The maximum absolute atomic E-state index is 13.4. The van der Waals surface area contributed by atoms with Gasteiger partial charge >= 0.3 is 0 Å². The molecule has 0 spiro atoms. The number of halogens is 1. The molecule has 122 valence electrons. The topological polar surface area (TPSA) is 79.2 Å². The van der Waals surface area contributed by atoms with E-state index in [-0.39, 0.29) is 23.6 Å². The van der Waals surface area contributed by atoms with Crippen molar-refractivity contribution in [2.75, 3.05) is 6.54 Å². The lowest BCUT2D eigenvalue weighted by molar-refractivity contribution is 0.0722. The molecule has 1 N–H and O–H groups in total. The molecule has 0 fully saturated rings. The molecule has 3 aromatic rings. The predicted octanol–water partition coefficient (Wildman–Crippen LogP) is 2.16. The van der Waals surface area contributed by atoms with Gasteiger partial charge in [0.05, 0.1) is 6.54 Å². The van der Waals surface area contributed by atoms with Crippen LogP contribution in [0, 0.1) is 12.7 Å². The van der Waals surface area contributed by atoms with Crippen molar-refractivity contribution in [1.82, 2.24) is 15.0 Å². The number of carbonyl (C=O) groups excluding carboxylic acids is 1. The van der Waals surface area contributed by atoms with E-state index in [0.717, 1.165) is 5.69 Å². The van der Waals surface area contributed by atoms with Gasteiger partial charge in [-0.25, -0.2) is 4.39 Å². The van der Waals surface area contributed by atoms with Crippen LogP contribution in [0.5, 0.6) is 0 Å². The Bertz CT molecular complexity index is 1020. The molecule has 0 bridgehead atoms. The highest BCUT2D eigenvalue weighted by molar-refractivity contribution is 5.93. The smallest absolute Gasteiger partial charge is 0.276 e. The summed E-state index contributed by atoms with van der Waals surface area (Å²) in [6, 6.07) is 4.09. The largest absolute Gasteiger partial charge is 0.364 e. The third-order valence-electron chi connectivity index (χ3n) is 4.37. The van der Waals surface area contributed by atoms with Crippen LogP contribution in [0.2, 0.25) is 0 Å². The normalized spacial score (nSPS) is 14.0. The summed E-state index contributed by atoms with van der Waals surface area (Å²) in [6.07, 6.45) is 1.94. The monoisotopic (exact) mass is 327 g/mol. The zero-order valence-electron chi connectivity index (χ0n) is 12.9. The number of aromatic amines is 1. The minimum Gasteiger partial charge on any atom is -0.364 e. The van der Waals surface area contributed by atoms with Gasteiger partial charge in [0, 0.05) is 40.7 Å². The number of amides is 1. The van der Waals surface area contributed by atoms with Crippen LogP contribution in [0.25, 0.3) is 10.9 Å². The number of H-pyrrole nitrogens is 1. The molecule has 3 heterocycles. The minimum absolute atomic E-state index is 0.169. The third kappa shape index (κ3) is 2.20. The maximum atomic E-state index is 13.4. The Hall–Kier alpha value is -2.96. The van der Waals surface area contributed by atoms with Gasteiger partial charge in [-0.2, -0.15) is 0 Å². The second-order valence-electron chi connectivity index (χ2n) is 5.92. The highest BCUT2D eigenvalue weighted by Gasteiger charge is 2.27. The Balaban J connectivity index is 1.76. The number of aryl methyl sites for hydroxylation is 1. The molecule has 1 aliphatic rings. The van der Waals surface area contributed by atoms with E-state index in [1.807, 2.05) is 0 Å². The number of aromatic nitrogens is 2. The summed E-state index contributed by atoms with van der Waals surface area (Å²) in [6.45, 7) is 2.38. The van der Waals surface area contributed by atoms with Gasteiger partial charge in [-0.15, -0.1) is 0 Å². The first-order valence-electron chi connectivity index (χ1n) is 7.58. The molecule has 0 saturated heterocycles. The molecule has 0 aliphatic carbocycles. The molecule has 1 aromatic carbocycles. The summed E-state index contributed by atoms with van der Waals surface area (Å²) in [5.41, 5.74) is 2.55. The van der Waals surface area contributed by atoms with Gasteiger partial charge in [-0.1, -0.05) is 5.16 Å². The highest BCUT2D eigenvalue weighted by atomic mass is 19.1. The Labute approximate surface area is 135 Å². The molecule has 6 nitrogen and oxygen atoms in total. The first-order chi connectivity index (χ1) is 11.5. The molecule has 0 atom stereocenters. The molecule has 0 saturated carbocycles. The van der Waals surface area contributed by atoms with E-state index in [4.69, 9.17) is 4.52 Å². The van der Waals surface area contributed by atoms with Gasteiger partial charge in [0.15, 0.2) is 11.1 Å². The van der Waals surface area contributed by atoms with Crippen LogP contribution in [0.4, 0.5) is 4.39 Å². The van der Waals surface area contributed by atoms with Gasteiger partial charge in [0.25, 0.3) is 5.91 Å². The molecule has 7 heteroatoms. The van der Waals surface area contributed by atoms with Crippen LogP contribution in [0.15, 0.2) is 33.8 Å². The highest BCUT2D eigenvalue weighted by Crippen LogP contribution is 2.21. The van der Waals surface area contributed by atoms with E-state index in [2.05, 4.69) is 10.1 Å². The Morgan fingerprint density at radius 3 is 3.00 bits per heavy atom. The quantitative estimate of drug-likeness (QED) is 0.743. The molecule has 0 unspecified atom stereocenters. The third-order valence-corrected chi connectivity index (χ3v) is 4.37. The van der Waals surface area contributed by atoms with Crippen molar-refractivity contribution < 1.29 is 13.7 Å². The number of carbonyl (C=O) groups is 1. The second-order valence-corrected chi connectivity index (χ2v) is 5.92. The zero-order valence-corrected chi connectivity index (χ0v) is 12.9. The van der Waals surface area contributed by atoms with E-state index in [1.54, 1.807) is 17.9 Å². The van der Waals surface area contributed by atoms with Crippen molar-refractivity contribution in [2.24, 2.45) is 0 Å². The standard InChI is InChI=1S/C17H14FN3O3/c1-9-8-24-20-15(9)17(23)21-5-4-14-12(7-21)16(22)11-6-10(18)2-3-13(11)19-14/h2-3,6,8H,4-5,7H2,1H3,(H,19,22). The fourth-order valence-electron chi connectivity index (χ4n) is 3.07. The lowest BCUT2D eigenvalue weighted by Crippen LogP contribution is -2.39. The van der Waals surface area contributed by atoms with E-state index in [0.29, 0.717) is 35.0 Å². The number of benzene rings is 1. The van der Waals surface area contributed by atoms with E-state index >= 15 is 0 Å².